The number of aromatic nitrogens is 1. The van der Waals surface area contributed by atoms with Gasteiger partial charge in [-0.1, -0.05) is 30.5 Å². The molecule has 2 bridgehead atoms. The number of hydrogen-bond acceptors (Lipinski definition) is 7. The summed E-state index contributed by atoms with van der Waals surface area (Å²) in [4.78, 5) is 13.9. The molecule has 0 saturated heterocycles. The van der Waals surface area contributed by atoms with Gasteiger partial charge in [-0.25, -0.2) is 4.98 Å². The molecule has 0 saturated carbocycles. The molecule has 10 heteroatoms. The molecule has 1 aromatic heterocycles. The molecule has 0 radical (unpaired) electrons. The molecule has 2 rings (SSSR count). The molecule has 0 spiro atoms. The normalized spacial score (nSPS) is 14.6. The van der Waals surface area contributed by atoms with Gasteiger partial charge in [-0.05, 0) is 38.9 Å². The van der Waals surface area contributed by atoms with E-state index in [1.165, 1.54) is 10.3 Å². The first-order valence-corrected chi connectivity index (χ1v) is 9.36. The van der Waals surface area contributed by atoms with Crippen LogP contribution in [0.1, 0.15) is 31.7 Å². The first-order chi connectivity index (χ1) is 13.1. The summed E-state index contributed by atoms with van der Waals surface area (Å²) in [6.45, 7) is 9.54. The van der Waals surface area contributed by atoms with Crippen molar-refractivity contribution in [1.82, 2.24) is 15.6 Å². The van der Waals surface area contributed by atoms with Crippen molar-refractivity contribution in [3.8, 4) is 0 Å². The Balaban J connectivity index is 0. The number of hydrogen-bond donors (Lipinski definition) is 2. The zero-order valence-electron chi connectivity index (χ0n) is 16.1. The third kappa shape index (κ3) is 14.6. The van der Waals surface area contributed by atoms with Crippen LogP contribution in [0.25, 0.3) is 10.8 Å². The molecule has 0 fully saturated rings. The van der Waals surface area contributed by atoms with Crippen LogP contribution in [0.15, 0.2) is 28.2 Å². The van der Waals surface area contributed by atoms with E-state index in [1.54, 1.807) is 0 Å². The van der Waals surface area contributed by atoms with Gasteiger partial charge in [0.1, 0.15) is 0 Å². The zero-order chi connectivity index (χ0) is 20.3. The predicted octanol–water partition coefficient (Wildman–Crippen LogP) is 2.60. The fourth-order valence-corrected chi connectivity index (χ4v) is 2.18. The summed E-state index contributed by atoms with van der Waals surface area (Å²) < 4.78 is 0. The minimum Gasteiger partial charge on any atom is -0.753 e. The molecule has 0 aromatic carbocycles. The monoisotopic (exact) mass is 459 g/mol. The molecule has 0 unspecified atom stereocenters. The van der Waals surface area contributed by atoms with Crippen molar-refractivity contribution in [2.75, 3.05) is 39.3 Å². The smallest absolute Gasteiger partial charge is 0.753 e. The first-order valence-electron chi connectivity index (χ1n) is 8.54. The molecule has 0 aliphatic carbocycles. The number of isothiocyanates is 2. The second-order valence-corrected chi connectivity index (χ2v) is 5.74. The van der Waals surface area contributed by atoms with E-state index in [0.29, 0.717) is 0 Å². The van der Waals surface area contributed by atoms with E-state index in [1.807, 2.05) is 32.0 Å². The first kappa shape index (κ1) is 28.7. The van der Waals surface area contributed by atoms with E-state index >= 15 is 0 Å². The van der Waals surface area contributed by atoms with E-state index in [-0.39, 0.29) is 17.1 Å². The molecule has 1 aliphatic rings. The van der Waals surface area contributed by atoms with Gasteiger partial charge in [0.2, 0.25) is 0 Å². The summed E-state index contributed by atoms with van der Waals surface area (Å²) >= 11 is 7.40. The van der Waals surface area contributed by atoms with Gasteiger partial charge in [-0.15, -0.1) is 0 Å². The number of nitrogens with zero attached hydrogens (tertiary/aromatic N) is 5. The number of aliphatic imine (C=N–C) groups is 2. The number of nitrogens with one attached hydrogen (secondary N) is 2. The molecule has 2 N–H and O–H groups in total. The van der Waals surface area contributed by atoms with Gasteiger partial charge < -0.3 is 21.5 Å². The Labute approximate surface area is 188 Å². The van der Waals surface area contributed by atoms with Gasteiger partial charge in [-0.3, -0.25) is 9.98 Å². The average Bonchev–Trinajstić information content (AvgIpc) is 2.66. The van der Waals surface area contributed by atoms with Crippen LogP contribution in [0, 0.1) is 0 Å². The van der Waals surface area contributed by atoms with Gasteiger partial charge in [0.05, 0.1) is 29.4 Å². The Morgan fingerprint density at radius 2 is 1.32 bits per heavy atom. The van der Waals surface area contributed by atoms with E-state index in [9.17, 15) is 0 Å². The number of fused-ring (bicyclic) bond motifs is 2. The topological polar surface area (TPSA) is 106 Å². The van der Waals surface area contributed by atoms with E-state index in [0.717, 1.165) is 68.5 Å². The van der Waals surface area contributed by atoms with Crippen LogP contribution in [-0.4, -0.2) is 66.0 Å². The zero-order valence-corrected chi connectivity index (χ0v) is 18.8. The minimum absolute atomic E-state index is 0. The van der Waals surface area contributed by atoms with Crippen LogP contribution in [-0.2, 0) is 17.1 Å². The quantitative estimate of drug-likeness (QED) is 0.353. The van der Waals surface area contributed by atoms with Crippen molar-refractivity contribution < 1.29 is 17.1 Å². The summed E-state index contributed by atoms with van der Waals surface area (Å²) in [5, 5.41) is 23.7. The SMILES string of the molecule is CC1=NCCCNCCNCCN=C(C)c2cccc1n2.[Fe+2].[N-]=C=S.[N-]=C=S. The van der Waals surface area contributed by atoms with E-state index in [2.05, 4.69) is 50.0 Å². The Kier molecular flexibility index (Phi) is 20.8. The molecule has 28 heavy (non-hydrogen) atoms. The molecule has 1 aromatic rings. The van der Waals surface area contributed by atoms with Crippen LogP contribution in [0.5, 0.6) is 0 Å². The molecule has 0 amide bonds. The molecule has 2 heterocycles. The van der Waals surface area contributed by atoms with Crippen molar-refractivity contribution >= 4 is 46.2 Å². The Morgan fingerprint density at radius 1 is 0.857 bits per heavy atom. The Hall–Kier alpha value is -1.47. The van der Waals surface area contributed by atoms with Crippen molar-refractivity contribution in [1.29, 1.82) is 0 Å². The van der Waals surface area contributed by atoms with Gasteiger partial charge in [-0.2, -0.15) is 10.3 Å². The summed E-state index contributed by atoms with van der Waals surface area (Å²) in [7, 11) is 0. The molecular formula is C18H25FeN7S2. The van der Waals surface area contributed by atoms with Crippen LogP contribution >= 0.6 is 24.4 Å². The molecule has 7 nitrogen and oxygen atoms in total. The van der Waals surface area contributed by atoms with E-state index < -0.39 is 0 Å². The molecule has 0 atom stereocenters. The standard InChI is InChI=1S/C16H25N5.2CNS.Fe/c1-13-15-5-3-6-16(21-15)14(2)20-12-11-18-10-9-17-7-4-8-19-13;2*2-1-3;/h3,5-6,17-18H,4,7-12H2,1-2H3;;;/q;2*-1;+2. The number of thiocarbonyl (C=S) groups is 2. The molecule has 1 aliphatic heterocycles. The van der Waals surface area contributed by atoms with Crippen LogP contribution < -0.4 is 10.6 Å². The van der Waals surface area contributed by atoms with Crippen LogP contribution in [0.3, 0.4) is 0 Å². The minimum atomic E-state index is 0. The predicted molar refractivity (Wildman–Crippen MR) is 121 cm³/mol. The van der Waals surface area contributed by atoms with Crippen LogP contribution in [0.4, 0.5) is 0 Å². The second-order valence-electron chi connectivity index (χ2n) is 5.38. The maximum Gasteiger partial charge on any atom is 2.00 e. The van der Waals surface area contributed by atoms with Gasteiger partial charge in [0.15, 0.2) is 0 Å². The third-order valence-electron chi connectivity index (χ3n) is 3.47. The fourth-order valence-electron chi connectivity index (χ4n) is 2.18. The van der Waals surface area contributed by atoms with Gasteiger partial charge in [0, 0.05) is 26.2 Å². The molecule has 152 valence electrons. The van der Waals surface area contributed by atoms with Crippen molar-refractivity contribution in [2.45, 2.75) is 20.3 Å². The summed E-state index contributed by atoms with van der Waals surface area (Å²) in [5.41, 5.74) is 3.87. The summed E-state index contributed by atoms with van der Waals surface area (Å²) in [6.07, 6.45) is 1.05. The number of rotatable bonds is 0. The second kappa shape index (κ2) is 20.3. The fraction of sp³-hybridized carbons (Fsp3) is 0.500. The van der Waals surface area contributed by atoms with Crippen molar-refractivity contribution in [3.63, 3.8) is 0 Å². The summed E-state index contributed by atoms with van der Waals surface area (Å²) in [6, 6.07) is 6.05. The van der Waals surface area contributed by atoms with Crippen molar-refractivity contribution in [3.05, 3.63) is 40.4 Å². The third-order valence-corrected chi connectivity index (χ3v) is 3.47. The largest absolute Gasteiger partial charge is 2.00 e. The molecular weight excluding hydrogens is 434 g/mol. The van der Waals surface area contributed by atoms with Gasteiger partial charge in [0.25, 0.3) is 0 Å². The average molecular weight is 459 g/mol. The van der Waals surface area contributed by atoms with Crippen LogP contribution in [0.2, 0.25) is 0 Å². The maximum atomic E-state index is 7.13. The maximum absolute atomic E-state index is 7.13. The van der Waals surface area contributed by atoms with Crippen molar-refractivity contribution in [2.24, 2.45) is 9.98 Å². The van der Waals surface area contributed by atoms with E-state index in [4.69, 9.17) is 10.8 Å². The Bertz CT molecular complexity index is 627. The number of pyridine rings is 1. The summed E-state index contributed by atoms with van der Waals surface area (Å²) in [5.74, 6) is 0. The Morgan fingerprint density at radius 3 is 1.86 bits per heavy atom. The van der Waals surface area contributed by atoms with Gasteiger partial charge >= 0.3 is 17.1 Å².